The van der Waals surface area contributed by atoms with Crippen molar-refractivity contribution in [2.24, 2.45) is 4.99 Å². The normalized spacial score (nSPS) is 22.8. The topological polar surface area (TPSA) is 38.4 Å². The van der Waals surface area contributed by atoms with E-state index in [1.54, 1.807) is 18.0 Å². The molecule has 12 heavy (non-hydrogen) atoms. The largest absolute Gasteiger partial charge is 0.358 e. The van der Waals surface area contributed by atoms with Crippen LogP contribution in [0.4, 0.5) is 0 Å². The number of alkyl halides is 1. The zero-order valence-corrected chi connectivity index (χ0v) is 7.81. The molecule has 0 saturated carbocycles. The van der Waals surface area contributed by atoms with E-state index in [-0.39, 0.29) is 5.37 Å². The van der Waals surface area contributed by atoms with Crippen LogP contribution in [0.15, 0.2) is 21.8 Å². The minimum atomic E-state index is 0.0706. The van der Waals surface area contributed by atoms with Crippen molar-refractivity contribution in [3.05, 3.63) is 18.0 Å². The van der Waals surface area contributed by atoms with Gasteiger partial charge in [0.25, 0.3) is 0 Å². The molecule has 5 heteroatoms. The second-order valence-corrected chi connectivity index (χ2v) is 3.74. The van der Waals surface area contributed by atoms with Gasteiger partial charge < -0.3 is 4.52 Å². The number of halogens is 1. The van der Waals surface area contributed by atoms with Gasteiger partial charge in [-0.15, -0.1) is 23.4 Å². The first-order valence-electron chi connectivity index (χ1n) is 3.54. The van der Waals surface area contributed by atoms with Crippen molar-refractivity contribution in [2.75, 3.05) is 11.6 Å². The molecule has 64 valence electrons. The zero-order valence-electron chi connectivity index (χ0n) is 6.24. The second kappa shape index (κ2) is 3.49. The highest BCUT2D eigenvalue weighted by Crippen LogP contribution is 2.34. The Labute approximate surface area is 79.2 Å². The van der Waals surface area contributed by atoms with Crippen molar-refractivity contribution >= 4 is 29.1 Å². The number of nitrogens with zero attached hydrogens (tertiary/aromatic N) is 2. The maximum Gasteiger partial charge on any atom is 0.171 e. The van der Waals surface area contributed by atoms with E-state index in [2.05, 4.69) is 10.1 Å². The number of rotatable bonds is 2. The molecule has 2 rings (SSSR count). The fraction of sp³-hybridized carbons (Fsp3) is 0.429. The van der Waals surface area contributed by atoms with E-state index in [1.807, 2.05) is 6.07 Å². The predicted molar refractivity (Wildman–Crippen MR) is 49.9 cm³/mol. The first-order valence-corrected chi connectivity index (χ1v) is 5.12. The Hall–Kier alpha value is -0.480. The van der Waals surface area contributed by atoms with Crippen LogP contribution in [0, 0.1) is 0 Å². The highest BCUT2D eigenvalue weighted by molar-refractivity contribution is 8.00. The number of hydrogen-bond donors (Lipinski definition) is 0. The average Bonchev–Trinajstić information content (AvgIpc) is 2.75. The highest BCUT2D eigenvalue weighted by Gasteiger charge is 2.21. The molecule has 3 nitrogen and oxygen atoms in total. The molecule has 0 N–H and O–H groups in total. The lowest BCUT2D eigenvalue weighted by atomic mass is 10.4. The molecule has 0 bridgehead atoms. The highest BCUT2D eigenvalue weighted by atomic mass is 35.5. The monoisotopic (exact) mass is 202 g/mol. The molecule has 2 heterocycles. The fourth-order valence-electron chi connectivity index (χ4n) is 0.987. The molecule has 1 aromatic heterocycles. The van der Waals surface area contributed by atoms with Crippen LogP contribution in [-0.4, -0.2) is 22.5 Å². The molecule has 0 spiro atoms. The van der Waals surface area contributed by atoms with Crippen LogP contribution in [0.25, 0.3) is 0 Å². The summed E-state index contributed by atoms with van der Waals surface area (Å²) in [7, 11) is 0. The summed E-state index contributed by atoms with van der Waals surface area (Å²) in [4.78, 5) is 4.36. The molecule has 0 saturated heterocycles. The van der Waals surface area contributed by atoms with E-state index in [9.17, 15) is 0 Å². The van der Waals surface area contributed by atoms with Crippen molar-refractivity contribution in [2.45, 2.75) is 5.37 Å². The summed E-state index contributed by atoms with van der Waals surface area (Å²) in [6, 6.07) is 1.83. The van der Waals surface area contributed by atoms with Gasteiger partial charge in [0.2, 0.25) is 0 Å². The van der Waals surface area contributed by atoms with Crippen molar-refractivity contribution in [1.29, 1.82) is 0 Å². The fourth-order valence-corrected chi connectivity index (χ4v) is 2.30. The molecule has 1 unspecified atom stereocenters. The molecule has 0 radical (unpaired) electrons. The van der Waals surface area contributed by atoms with Gasteiger partial charge in [-0.3, -0.25) is 4.99 Å². The second-order valence-electron chi connectivity index (χ2n) is 2.41. The van der Waals surface area contributed by atoms with E-state index in [0.29, 0.717) is 5.88 Å². The van der Waals surface area contributed by atoms with E-state index >= 15 is 0 Å². The first kappa shape index (κ1) is 8.13. The smallest absolute Gasteiger partial charge is 0.171 e. The Morgan fingerprint density at radius 2 is 2.67 bits per heavy atom. The summed E-state index contributed by atoms with van der Waals surface area (Å²) in [5, 5.41) is 3.70. The molecule has 0 fully saturated rings. The quantitative estimate of drug-likeness (QED) is 0.690. The zero-order chi connectivity index (χ0) is 8.39. The van der Waals surface area contributed by atoms with E-state index in [0.717, 1.165) is 17.2 Å². The third kappa shape index (κ3) is 1.49. The molecular weight excluding hydrogens is 196 g/mol. The molecular formula is C7H7ClN2OS. The molecule has 0 aromatic carbocycles. The summed E-state index contributed by atoms with van der Waals surface area (Å²) in [5.41, 5.74) is 1.03. The Balaban J connectivity index is 2.13. The van der Waals surface area contributed by atoms with Crippen LogP contribution in [0.3, 0.4) is 0 Å². The molecule has 1 atom stereocenters. The molecule has 0 amide bonds. The average molecular weight is 203 g/mol. The van der Waals surface area contributed by atoms with Crippen LogP contribution < -0.4 is 0 Å². The summed E-state index contributed by atoms with van der Waals surface area (Å²) in [6.07, 6.45) is 1.63. The maximum atomic E-state index is 5.64. The molecule has 1 aliphatic rings. The Bertz CT molecular complexity index is 286. The van der Waals surface area contributed by atoms with Crippen LogP contribution in [0.2, 0.25) is 0 Å². The van der Waals surface area contributed by atoms with Crippen LogP contribution in [0.1, 0.15) is 11.1 Å². The Kier molecular flexibility index (Phi) is 2.37. The number of aromatic nitrogens is 1. The van der Waals surface area contributed by atoms with E-state index < -0.39 is 0 Å². The third-order valence-electron chi connectivity index (χ3n) is 1.56. The lowest BCUT2D eigenvalue weighted by Gasteiger charge is -1.97. The number of hydrogen-bond acceptors (Lipinski definition) is 4. The summed E-state index contributed by atoms with van der Waals surface area (Å²) in [6.45, 7) is 0. The SMILES string of the molecule is ClCC1=NC(c2ccno2)SC1. The standard InChI is InChI=1S/C7H7ClN2OS/c8-3-5-4-12-7(10-5)6-1-2-9-11-6/h1-2,7H,3-4H2. The maximum absolute atomic E-state index is 5.64. The van der Waals surface area contributed by atoms with Gasteiger partial charge in [0.1, 0.15) is 0 Å². The Morgan fingerprint density at radius 3 is 3.25 bits per heavy atom. The molecule has 0 aliphatic carbocycles. The van der Waals surface area contributed by atoms with Gasteiger partial charge in [0.15, 0.2) is 11.1 Å². The summed E-state index contributed by atoms with van der Waals surface area (Å²) >= 11 is 7.36. The van der Waals surface area contributed by atoms with Crippen molar-refractivity contribution in [3.8, 4) is 0 Å². The van der Waals surface area contributed by atoms with Crippen molar-refractivity contribution in [3.63, 3.8) is 0 Å². The van der Waals surface area contributed by atoms with Gasteiger partial charge in [-0.25, -0.2) is 0 Å². The lowest BCUT2D eigenvalue weighted by molar-refractivity contribution is 0.383. The van der Waals surface area contributed by atoms with Crippen LogP contribution in [0.5, 0.6) is 0 Å². The van der Waals surface area contributed by atoms with E-state index in [1.165, 1.54) is 0 Å². The van der Waals surface area contributed by atoms with Gasteiger partial charge in [0, 0.05) is 17.5 Å². The minimum Gasteiger partial charge on any atom is -0.358 e. The number of thioether (sulfide) groups is 1. The van der Waals surface area contributed by atoms with Gasteiger partial charge in [-0.2, -0.15) is 0 Å². The van der Waals surface area contributed by atoms with Gasteiger partial charge in [-0.05, 0) is 0 Å². The summed E-state index contributed by atoms with van der Waals surface area (Å²) in [5.74, 6) is 2.21. The van der Waals surface area contributed by atoms with Crippen molar-refractivity contribution < 1.29 is 4.52 Å². The lowest BCUT2D eigenvalue weighted by Crippen LogP contribution is -1.96. The molecule has 1 aliphatic heterocycles. The Morgan fingerprint density at radius 1 is 1.75 bits per heavy atom. The predicted octanol–water partition coefficient (Wildman–Crippen LogP) is 2.10. The number of aliphatic imine (C=N–C) groups is 1. The molecule has 1 aromatic rings. The van der Waals surface area contributed by atoms with Gasteiger partial charge in [0.05, 0.1) is 12.1 Å². The third-order valence-corrected chi connectivity index (χ3v) is 3.02. The van der Waals surface area contributed by atoms with Crippen LogP contribution >= 0.6 is 23.4 Å². The van der Waals surface area contributed by atoms with Gasteiger partial charge >= 0.3 is 0 Å². The summed E-state index contributed by atoms with van der Waals surface area (Å²) < 4.78 is 4.99. The van der Waals surface area contributed by atoms with Crippen LogP contribution in [-0.2, 0) is 0 Å². The minimum absolute atomic E-state index is 0.0706. The van der Waals surface area contributed by atoms with Crippen molar-refractivity contribution in [1.82, 2.24) is 5.16 Å². The van der Waals surface area contributed by atoms with Gasteiger partial charge in [-0.1, -0.05) is 5.16 Å². The first-order chi connectivity index (χ1) is 5.90. The van der Waals surface area contributed by atoms with E-state index in [4.69, 9.17) is 16.1 Å².